The Morgan fingerprint density at radius 3 is 2.43 bits per heavy atom. The van der Waals surface area contributed by atoms with Crippen LogP contribution in [-0.4, -0.2) is 83.9 Å². The number of hydrogen-bond acceptors (Lipinski definition) is 3. The van der Waals surface area contributed by atoms with Gasteiger partial charge in [-0.3, -0.25) is 9.69 Å². The Hall–Kier alpha value is -1.86. The first-order valence-electron chi connectivity index (χ1n) is 9.81. The van der Waals surface area contributed by atoms with Gasteiger partial charge in [0.15, 0.2) is 0 Å². The molecule has 0 aromatic heterocycles. The lowest BCUT2D eigenvalue weighted by Crippen LogP contribution is -2.52. The lowest BCUT2D eigenvalue weighted by Gasteiger charge is -2.36. The van der Waals surface area contributed by atoms with Crippen LogP contribution in [-0.2, 0) is 11.3 Å². The predicted molar refractivity (Wildman–Crippen MR) is 107 cm³/mol. The van der Waals surface area contributed by atoms with Crippen LogP contribution in [0.5, 0.6) is 0 Å². The molecule has 2 heterocycles. The van der Waals surface area contributed by atoms with Gasteiger partial charge in [-0.1, -0.05) is 31.5 Å². The van der Waals surface area contributed by atoms with Crippen molar-refractivity contribution in [1.82, 2.24) is 19.6 Å². The second-order valence-corrected chi connectivity index (χ2v) is 8.34. The van der Waals surface area contributed by atoms with Gasteiger partial charge in [-0.2, -0.15) is 0 Å². The highest BCUT2D eigenvalue weighted by atomic mass is 35.5. The molecule has 3 rings (SSSR count). The minimum absolute atomic E-state index is 0.000730. The van der Waals surface area contributed by atoms with Gasteiger partial charge < -0.3 is 14.7 Å². The van der Waals surface area contributed by atoms with Crippen molar-refractivity contribution in [3.63, 3.8) is 0 Å². The number of rotatable bonds is 6. The van der Waals surface area contributed by atoms with Crippen LogP contribution in [0.3, 0.4) is 0 Å². The molecule has 6 nitrogen and oxygen atoms in total. The van der Waals surface area contributed by atoms with Crippen LogP contribution in [0.2, 0.25) is 5.02 Å². The number of benzene rings is 1. The summed E-state index contributed by atoms with van der Waals surface area (Å²) < 4.78 is 13.2. The van der Waals surface area contributed by atoms with Crippen molar-refractivity contribution in [2.45, 2.75) is 20.4 Å². The first-order chi connectivity index (χ1) is 13.3. The van der Waals surface area contributed by atoms with Crippen molar-refractivity contribution in [3.05, 3.63) is 34.6 Å². The largest absolute Gasteiger partial charge is 0.339 e. The van der Waals surface area contributed by atoms with Crippen molar-refractivity contribution in [3.8, 4) is 0 Å². The van der Waals surface area contributed by atoms with E-state index < -0.39 is 5.82 Å². The van der Waals surface area contributed by atoms with E-state index in [1.807, 2.05) is 4.90 Å². The maximum Gasteiger partial charge on any atom is 0.320 e. The quantitative estimate of drug-likeness (QED) is 0.724. The van der Waals surface area contributed by atoms with Crippen LogP contribution >= 0.6 is 11.6 Å². The molecule has 2 aliphatic rings. The zero-order chi connectivity index (χ0) is 20.3. The Bertz CT molecular complexity index is 722. The van der Waals surface area contributed by atoms with E-state index in [9.17, 15) is 14.0 Å². The van der Waals surface area contributed by atoms with Crippen molar-refractivity contribution < 1.29 is 14.0 Å². The summed E-state index contributed by atoms with van der Waals surface area (Å²) in [5.41, 5.74) is 0.700. The molecule has 0 spiro atoms. The van der Waals surface area contributed by atoms with E-state index in [4.69, 9.17) is 11.6 Å². The fourth-order valence-corrected chi connectivity index (χ4v) is 3.97. The van der Waals surface area contributed by atoms with Gasteiger partial charge in [0.05, 0.1) is 0 Å². The Balaban J connectivity index is 1.49. The summed E-state index contributed by atoms with van der Waals surface area (Å²) in [5.74, 6) is 0.214. The molecule has 3 amide bonds. The van der Waals surface area contributed by atoms with Crippen LogP contribution in [0.15, 0.2) is 18.2 Å². The SMILES string of the molecule is CC(C)CN1CCN(C(=O)CN2CCN(Cc3ccc(F)cc3Cl)C2=O)CC1. The number of halogens is 2. The van der Waals surface area contributed by atoms with Gasteiger partial charge in [0.2, 0.25) is 5.91 Å². The van der Waals surface area contributed by atoms with E-state index in [0.29, 0.717) is 49.2 Å². The lowest BCUT2D eigenvalue weighted by atomic mass is 10.2. The maximum absolute atomic E-state index is 13.2. The molecular formula is C20H28ClFN4O2. The van der Waals surface area contributed by atoms with Crippen molar-refractivity contribution in [2.75, 3.05) is 52.4 Å². The molecule has 0 N–H and O–H groups in total. The number of amides is 3. The van der Waals surface area contributed by atoms with E-state index in [1.54, 1.807) is 15.9 Å². The Morgan fingerprint density at radius 2 is 1.79 bits per heavy atom. The number of piperazine rings is 1. The normalized spacial score (nSPS) is 18.5. The molecule has 2 saturated heterocycles. The van der Waals surface area contributed by atoms with Crippen LogP contribution in [0.25, 0.3) is 0 Å². The summed E-state index contributed by atoms with van der Waals surface area (Å²) in [7, 11) is 0. The van der Waals surface area contributed by atoms with Crippen molar-refractivity contribution in [1.29, 1.82) is 0 Å². The molecule has 0 bridgehead atoms. The van der Waals surface area contributed by atoms with Gasteiger partial charge in [0, 0.05) is 57.4 Å². The third-order valence-electron chi connectivity index (χ3n) is 5.23. The van der Waals surface area contributed by atoms with E-state index in [-0.39, 0.29) is 18.5 Å². The van der Waals surface area contributed by atoms with Crippen LogP contribution in [0, 0.1) is 11.7 Å². The maximum atomic E-state index is 13.2. The highest BCUT2D eigenvalue weighted by Gasteiger charge is 2.32. The van der Waals surface area contributed by atoms with Crippen LogP contribution in [0.1, 0.15) is 19.4 Å². The fourth-order valence-electron chi connectivity index (χ4n) is 3.74. The molecule has 0 atom stereocenters. The molecule has 0 aliphatic carbocycles. The molecule has 2 aliphatic heterocycles. The third-order valence-corrected chi connectivity index (χ3v) is 5.58. The summed E-state index contributed by atoms with van der Waals surface area (Å²) in [4.78, 5) is 32.7. The minimum Gasteiger partial charge on any atom is -0.339 e. The molecule has 8 heteroatoms. The molecular weight excluding hydrogens is 383 g/mol. The van der Waals surface area contributed by atoms with E-state index in [1.165, 1.54) is 12.1 Å². The Morgan fingerprint density at radius 1 is 1.11 bits per heavy atom. The summed E-state index contributed by atoms with van der Waals surface area (Å²) in [6.07, 6.45) is 0. The van der Waals surface area contributed by atoms with Crippen LogP contribution in [0.4, 0.5) is 9.18 Å². The monoisotopic (exact) mass is 410 g/mol. The smallest absolute Gasteiger partial charge is 0.320 e. The van der Waals surface area contributed by atoms with E-state index in [2.05, 4.69) is 18.7 Å². The summed E-state index contributed by atoms with van der Waals surface area (Å²) >= 11 is 6.06. The highest BCUT2D eigenvalue weighted by Crippen LogP contribution is 2.21. The average Bonchev–Trinajstić information content (AvgIpc) is 2.97. The Labute approximate surface area is 170 Å². The zero-order valence-electron chi connectivity index (χ0n) is 16.5. The molecule has 0 radical (unpaired) electrons. The molecule has 1 aromatic carbocycles. The van der Waals surface area contributed by atoms with E-state index in [0.717, 1.165) is 19.6 Å². The number of carbonyl (C=O) groups excluding carboxylic acids is 2. The Kier molecular flexibility index (Phi) is 6.78. The molecule has 2 fully saturated rings. The van der Waals surface area contributed by atoms with Gasteiger partial charge in [-0.15, -0.1) is 0 Å². The van der Waals surface area contributed by atoms with Gasteiger partial charge >= 0.3 is 6.03 Å². The van der Waals surface area contributed by atoms with Gasteiger partial charge in [-0.25, -0.2) is 9.18 Å². The average molecular weight is 411 g/mol. The van der Waals surface area contributed by atoms with Crippen LogP contribution < -0.4 is 0 Å². The first kappa shape index (κ1) is 20.9. The minimum atomic E-state index is -0.401. The van der Waals surface area contributed by atoms with Gasteiger partial charge in [-0.05, 0) is 23.6 Å². The third kappa shape index (κ3) is 5.14. The topological polar surface area (TPSA) is 47.1 Å². The van der Waals surface area contributed by atoms with Gasteiger partial charge in [0.25, 0.3) is 0 Å². The molecule has 28 heavy (non-hydrogen) atoms. The molecule has 154 valence electrons. The van der Waals surface area contributed by atoms with E-state index >= 15 is 0 Å². The van der Waals surface area contributed by atoms with Gasteiger partial charge in [0.1, 0.15) is 12.4 Å². The fraction of sp³-hybridized carbons (Fsp3) is 0.600. The predicted octanol–water partition coefficient (Wildman–Crippen LogP) is 2.52. The molecule has 0 unspecified atom stereocenters. The number of nitrogens with zero attached hydrogens (tertiary/aromatic N) is 4. The summed E-state index contributed by atoms with van der Waals surface area (Å²) in [6, 6.07) is 4.00. The summed E-state index contributed by atoms with van der Waals surface area (Å²) in [5, 5.41) is 0.307. The second kappa shape index (κ2) is 9.09. The van der Waals surface area contributed by atoms with Crippen molar-refractivity contribution in [2.24, 2.45) is 5.92 Å². The lowest BCUT2D eigenvalue weighted by molar-refractivity contribution is -0.133. The second-order valence-electron chi connectivity index (χ2n) is 7.94. The molecule has 0 saturated carbocycles. The standard InChI is InChI=1S/C20H28ClFN4O2/c1-15(2)12-23-5-7-24(8-6-23)19(27)14-26-10-9-25(20(26)28)13-16-3-4-17(22)11-18(16)21/h3-4,11,15H,5-10,12-14H2,1-2H3. The highest BCUT2D eigenvalue weighted by molar-refractivity contribution is 6.31. The van der Waals surface area contributed by atoms with Crippen molar-refractivity contribution >= 4 is 23.5 Å². The molecule has 1 aromatic rings. The number of hydrogen-bond donors (Lipinski definition) is 0. The zero-order valence-corrected chi connectivity index (χ0v) is 17.3. The first-order valence-corrected chi connectivity index (χ1v) is 10.2. The summed E-state index contributed by atoms with van der Waals surface area (Å²) in [6.45, 7) is 10.1. The number of carbonyl (C=O) groups is 2. The number of urea groups is 1.